The Bertz CT molecular complexity index is 449. The Morgan fingerprint density at radius 3 is 2.29 bits per heavy atom. The molecule has 0 aliphatic rings. The Hall–Kier alpha value is -1.71. The van der Waals surface area contributed by atoms with Crippen molar-refractivity contribution in [3.8, 4) is 0 Å². The summed E-state index contributed by atoms with van der Waals surface area (Å²) < 4.78 is 26.8. The maximum absolute atomic E-state index is 13.5. The molecule has 0 aromatic carbocycles. The molecule has 0 aliphatic heterocycles. The minimum absolute atomic E-state index is 0.0523. The van der Waals surface area contributed by atoms with Crippen LogP contribution >= 0.6 is 0 Å². The normalized spacial score (nSPS) is 13.3. The summed E-state index contributed by atoms with van der Waals surface area (Å²) in [4.78, 5) is 10.3. The van der Waals surface area contributed by atoms with Gasteiger partial charge in [-0.05, 0) is 50.7 Å². The van der Waals surface area contributed by atoms with Gasteiger partial charge in [-0.3, -0.25) is 4.79 Å². The third-order valence-corrected chi connectivity index (χ3v) is 3.38. The molecule has 136 valence electrons. The van der Waals surface area contributed by atoms with E-state index in [1.54, 1.807) is 6.08 Å². The van der Waals surface area contributed by atoms with Gasteiger partial charge in [-0.1, -0.05) is 44.1 Å². The lowest BCUT2D eigenvalue weighted by Crippen LogP contribution is -1.93. The Balaban J connectivity index is 3.81. The van der Waals surface area contributed by atoms with E-state index in [0.717, 1.165) is 12.8 Å². The molecule has 0 amide bonds. The van der Waals surface area contributed by atoms with Crippen LogP contribution in [0.3, 0.4) is 0 Å². The second-order valence-corrected chi connectivity index (χ2v) is 5.66. The van der Waals surface area contributed by atoms with Gasteiger partial charge in [0, 0.05) is 12.8 Å². The predicted molar refractivity (Wildman–Crippen MR) is 96.1 cm³/mol. The fourth-order valence-corrected chi connectivity index (χ4v) is 2.01. The van der Waals surface area contributed by atoms with Crippen molar-refractivity contribution in [3.63, 3.8) is 0 Å². The van der Waals surface area contributed by atoms with Gasteiger partial charge < -0.3 is 5.11 Å². The molecule has 0 aromatic rings. The number of carboxylic acid groups (broad SMARTS) is 1. The smallest absolute Gasteiger partial charge is 0.303 e. The Labute approximate surface area is 144 Å². The van der Waals surface area contributed by atoms with Gasteiger partial charge in [0.2, 0.25) is 0 Å². The van der Waals surface area contributed by atoms with E-state index in [0.29, 0.717) is 0 Å². The van der Waals surface area contributed by atoms with Gasteiger partial charge in [-0.2, -0.15) is 0 Å². The van der Waals surface area contributed by atoms with Crippen LogP contribution in [0.4, 0.5) is 8.78 Å². The number of allylic oxidation sites excluding steroid dienone is 8. The van der Waals surface area contributed by atoms with Crippen molar-refractivity contribution >= 4 is 5.97 Å². The minimum atomic E-state index is -0.934. The molecular formula is C20H30F2O2. The quantitative estimate of drug-likeness (QED) is 0.278. The van der Waals surface area contributed by atoms with Crippen LogP contribution in [-0.2, 0) is 4.79 Å². The third-order valence-electron chi connectivity index (χ3n) is 3.38. The van der Waals surface area contributed by atoms with Crippen molar-refractivity contribution < 1.29 is 18.7 Å². The van der Waals surface area contributed by atoms with Gasteiger partial charge in [-0.15, -0.1) is 0 Å². The second kappa shape index (κ2) is 16.2. The van der Waals surface area contributed by atoms with Crippen molar-refractivity contribution in [3.05, 3.63) is 48.1 Å². The molecule has 0 spiro atoms. The highest BCUT2D eigenvalue weighted by Gasteiger charge is 1.99. The van der Waals surface area contributed by atoms with E-state index < -0.39 is 5.97 Å². The number of halogens is 2. The molecule has 24 heavy (non-hydrogen) atoms. The Morgan fingerprint density at radius 1 is 0.875 bits per heavy atom. The number of unbranched alkanes of at least 4 members (excludes halogenated alkanes) is 3. The summed E-state index contributed by atoms with van der Waals surface area (Å²) in [5, 5.41) is 8.45. The largest absolute Gasteiger partial charge is 0.481 e. The first-order chi connectivity index (χ1) is 11.6. The molecule has 0 bridgehead atoms. The molecule has 0 fully saturated rings. The monoisotopic (exact) mass is 340 g/mol. The first-order valence-electron chi connectivity index (χ1n) is 8.77. The van der Waals surface area contributed by atoms with Crippen LogP contribution in [0.2, 0.25) is 0 Å². The lowest BCUT2D eigenvalue weighted by molar-refractivity contribution is -0.137. The maximum atomic E-state index is 13.5. The van der Waals surface area contributed by atoms with Crippen LogP contribution in [0.5, 0.6) is 0 Å². The summed E-state index contributed by atoms with van der Waals surface area (Å²) in [6, 6.07) is 0. The van der Waals surface area contributed by atoms with Gasteiger partial charge in [0.1, 0.15) is 5.83 Å². The summed E-state index contributed by atoms with van der Waals surface area (Å²) >= 11 is 0. The van der Waals surface area contributed by atoms with Crippen molar-refractivity contribution in [1.82, 2.24) is 0 Å². The fraction of sp³-hybridized carbons (Fsp3) is 0.550. The van der Waals surface area contributed by atoms with E-state index >= 15 is 0 Å². The van der Waals surface area contributed by atoms with Crippen LogP contribution in [-0.4, -0.2) is 11.1 Å². The zero-order valence-corrected chi connectivity index (χ0v) is 14.6. The van der Waals surface area contributed by atoms with E-state index in [1.165, 1.54) is 31.4 Å². The highest BCUT2D eigenvalue weighted by atomic mass is 19.1. The van der Waals surface area contributed by atoms with Crippen molar-refractivity contribution in [1.29, 1.82) is 0 Å². The van der Waals surface area contributed by atoms with E-state index in [9.17, 15) is 13.6 Å². The van der Waals surface area contributed by atoms with Crippen LogP contribution in [0.25, 0.3) is 0 Å². The molecule has 1 N–H and O–H groups in total. The van der Waals surface area contributed by atoms with E-state index in [2.05, 4.69) is 19.1 Å². The summed E-state index contributed by atoms with van der Waals surface area (Å²) in [5.74, 6) is -1.60. The zero-order valence-electron chi connectivity index (χ0n) is 14.6. The number of hydrogen-bond donors (Lipinski definition) is 1. The standard InChI is InChI=1S/C20H30F2O2/c1-2-3-4-5-6-7-8-9-10-13-18(21)14-11-15-19(22)16-12-17-20(23)24/h6-7,9-10,14-15H,2-5,8,11-13,16-17H2,1H3,(H,23,24). The highest BCUT2D eigenvalue weighted by Crippen LogP contribution is 2.12. The van der Waals surface area contributed by atoms with E-state index in [4.69, 9.17) is 5.11 Å². The minimum Gasteiger partial charge on any atom is -0.481 e. The molecule has 0 heterocycles. The van der Waals surface area contributed by atoms with E-state index in [1.807, 2.05) is 6.08 Å². The summed E-state index contributed by atoms with van der Waals surface area (Å²) in [6.07, 6.45) is 16.9. The molecule has 4 heteroatoms. The number of rotatable bonds is 14. The summed E-state index contributed by atoms with van der Waals surface area (Å²) in [5.41, 5.74) is 0. The molecule has 0 aliphatic carbocycles. The van der Waals surface area contributed by atoms with Gasteiger partial charge in [0.15, 0.2) is 0 Å². The van der Waals surface area contributed by atoms with E-state index in [-0.39, 0.29) is 43.8 Å². The highest BCUT2D eigenvalue weighted by molar-refractivity contribution is 5.66. The Kier molecular flexibility index (Phi) is 15.0. The van der Waals surface area contributed by atoms with Gasteiger partial charge >= 0.3 is 5.97 Å². The molecule has 2 nitrogen and oxygen atoms in total. The van der Waals surface area contributed by atoms with Crippen LogP contribution in [0, 0.1) is 0 Å². The molecule has 0 atom stereocenters. The van der Waals surface area contributed by atoms with Gasteiger partial charge in [0.05, 0.1) is 5.83 Å². The molecule has 0 unspecified atom stereocenters. The van der Waals surface area contributed by atoms with Crippen molar-refractivity contribution in [2.24, 2.45) is 0 Å². The fourth-order valence-electron chi connectivity index (χ4n) is 2.01. The number of carbonyl (C=O) groups is 1. The van der Waals surface area contributed by atoms with Crippen LogP contribution < -0.4 is 0 Å². The Morgan fingerprint density at radius 2 is 1.58 bits per heavy atom. The van der Waals surface area contributed by atoms with Crippen molar-refractivity contribution in [2.45, 2.75) is 71.1 Å². The lowest BCUT2D eigenvalue weighted by Gasteiger charge is -1.95. The lowest BCUT2D eigenvalue weighted by atomic mass is 10.2. The topological polar surface area (TPSA) is 37.3 Å². The van der Waals surface area contributed by atoms with Crippen LogP contribution in [0.1, 0.15) is 71.1 Å². The average Bonchev–Trinajstić information content (AvgIpc) is 2.53. The molecule has 0 rings (SSSR count). The molecule has 0 saturated heterocycles. The summed E-state index contributed by atoms with van der Waals surface area (Å²) in [6.45, 7) is 2.18. The third kappa shape index (κ3) is 16.7. The maximum Gasteiger partial charge on any atom is 0.303 e. The second-order valence-electron chi connectivity index (χ2n) is 5.66. The van der Waals surface area contributed by atoms with Gasteiger partial charge in [0.25, 0.3) is 0 Å². The van der Waals surface area contributed by atoms with Crippen molar-refractivity contribution in [2.75, 3.05) is 0 Å². The van der Waals surface area contributed by atoms with Gasteiger partial charge in [-0.25, -0.2) is 8.78 Å². The average molecular weight is 340 g/mol. The first kappa shape index (κ1) is 22.3. The predicted octanol–water partition coefficient (Wildman–Crippen LogP) is 6.81. The zero-order chi connectivity index (χ0) is 18.0. The number of carboxylic acids is 1. The molecular weight excluding hydrogens is 310 g/mol. The molecule has 0 aromatic heterocycles. The van der Waals surface area contributed by atoms with Crippen LogP contribution in [0.15, 0.2) is 48.1 Å². The first-order valence-corrected chi connectivity index (χ1v) is 8.77. The molecule has 0 saturated carbocycles. The number of aliphatic carboxylic acids is 1. The number of hydrogen-bond acceptors (Lipinski definition) is 1. The SMILES string of the molecule is CCCCCC=CCC=CCC(F)=CCC=C(F)CCCC(=O)O. The molecule has 0 radical (unpaired) electrons. The summed E-state index contributed by atoms with van der Waals surface area (Å²) in [7, 11) is 0.